The predicted molar refractivity (Wildman–Crippen MR) is 109 cm³/mol. The number of sulfone groups is 1. The van der Waals surface area contributed by atoms with E-state index < -0.39 is 9.84 Å². The van der Waals surface area contributed by atoms with Crippen molar-refractivity contribution in [3.63, 3.8) is 0 Å². The first kappa shape index (κ1) is 20.4. The summed E-state index contributed by atoms with van der Waals surface area (Å²) in [6, 6.07) is 8.88. The van der Waals surface area contributed by atoms with Crippen molar-refractivity contribution >= 4 is 33.2 Å². The molecule has 28 heavy (non-hydrogen) atoms. The monoisotopic (exact) mass is 420 g/mol. The van der Waals surface area contributed by atoms with Crippen LogP contribution in [0.4, 0.5) is 5.82 Å². The van der Waals surface area contributed by atoms with Crippen LogP contribution in [0.25, 0.3) is 0 Å². The normalized spacial score (nSPS) is 18.1. The van der Waals surface area contributed by atoms with E-state index in [0.717, 1.165) is 5.56 Å². The van der Waals surface area contributed by atoms with Crippen molar-refractivity contribution in [2.75, 3.05) is 29.9 Å². The lowest BCUT2D eigenvalue weighted by Gasteiger charge is -2.25. The molecule has 1 aliphatic heterocycles. The molecule has 1 aromatic heterocycles. The number of benzene rings is 1. The van der Waals surface area contributed by atoms with E-state index in [1.807, 2.05) is 18.2 Å². The molecule has 1 amide bonds. The van der Waals surface area contributed by atoms with Crippen LogP contribution in [0.3, 0.4) is 0 Å². The van der Waals surface area contributed by atoms with Crippen LogP contribution >= 0.6 is 11.6 Å². The lowest BCUT2D eigenvalue weighted by Crippen LogP contribution is -2.42. The standard InChI is InChI=1S/C19H21ClN4O3S/c1-2-10-23(16-8-11-28(26,27)14-16)13-19(25)22-18-7-9-21-24(18)12-15-5-3-4-6-17(15)20/h1,3-7,9,16H,8,10-14H2,(H,22,25). The number of halogens is 1. The van der Waals surface area contributed by atoms with Gasteiger partial charge in [0.15, 0.2) is 9.84 Å². The summed E-state index contributed by atoms with van der Waals surface area (Å²) >= 11 is 6.20. The van der Waals surface area contributed by atoms with E-state index in [-0.39, 0.29) is 36.5 Å². The van der Waals surface area contributed by atoms with Crippen molar-refractivity contribution in [2.24, 2.45) is 0 Å². The zero-order valence-electron chi connectivity index (χ0n) is 15.2. The van der Waals surface area contributed by atoms with E-state index in [9.17, 15) is 13.2 Å². The van der Waals surface area contributed by atoms with Gasteiger partial charge in [-0.2, -0.15) is 5.10 Å². The van der Waals surface area contributed by atoms with Gasteiger partial charge in [0, 0.05) is 17.1 Å². The third-order valence-electron chi connectivity index (χ3n) is 4.63. The lowest BCUT2D eigenvalue weighted by atomic mass is 10.2. The van der Waals surface area contributed by atoms with Crippen molar-refractivity contribution < 1.29 is 13.2 Å². The van der Waals surface area contributed by atoms with Crippen molar-refractivity contribution in [2.45, 2.75) is 19.0 Å². The summed E-state index contributed by atoms with van der Waals surface area (Å²) in [5.74, 6) is 2.92. The van der Waals surface area contributed by atoms with Crippen molar-refractivity contribution in [3.05, 3.63) is 47.1 Å². The molecular formula is C19H21ClN4O3S. The maximum Gasteiger partial charge on any atom is 0.239 e. The number of hydrogen-bond acceptors (Lipinski definition) is 5. The summed E-state index contributed by atoms with van der Waals surface area (Å²) in [5.41, 5.74) is 0.883. The molecule has 3 rings (SSSR count). The van der Waals surface area contributed by atoms with Gasteiger partial charge in [-0.1, -0.05) is 35.7 Å². The molecule has 1 unspecified atom stereocenters. The van der Waals surface area contributed by atoms with Crippen molar-refractivity contribution in [1.29, 1.82) is 0 Å². The quantitative estimate of drug-likeness (QED) is 0.688. The third kappa shape index (κ3) is 5.13. The second-order valence-corrected chi connectivity index (χ2v) is 9.32. The van der Waals surface area contributed by atoms with Crippen molar-refractivity contribution in [3.8, 4) is 12.3 Å². The molecule has 2 heterocycles. The van der Waals surface area contributed by atoms with Crippen molar-refractivity contribution in [1.82, 2.24) is 14.7 Å². The van der Waals surface area contributed by atoms with Gasteiger partial charge in [0.05, 0.1) is 37.3 Å². The number of hydrogen-bond donors (Lipinski definition) is 1. The Morgan fingerprint density at radius 2 is 2.18 bits per heavy atom. The van der Waals surface area contributed by atoms with Crippen LogP contribution < -0.4 is 5.32 Å². The van der Waals surface area contributed by atoms with E-state index in [2.05, 4.69) is 16.3 Å². The number of rotatable bonds is 7. The Hall–Kier alpha value is -2.34. The van der Waals surface area contributed by atoms with Gasteiger partial charge in [-0.05, 0) is 18.1 Å². The smallest absolute Gasteiger partial charge is 0.239 e. The molecule has 2 aromatic rings. The maximum atomic E-state index is 12.5. The molecule has 7 nitrogen and oxygen atoms in total. The third-order valence-corrected chi connectivity index (χ3v) is 6.75. The first-order valence-corrected chi connectivity index (χ1v) is 11.0. The van der Waals surface area contributed by atoms with Gasteiger partial charge in [0.2, 0.25) is 5.91 Å². The van der Waals surface area contributed by atoms with E-state index >= 15 is 0 Å². The number of terminal acetylenes is 1. The average molecular weight is 421 g/mol. The molecule has 148 valence electrons. The van der Waals surface area contributed by atoms with Gasteiger partial charge in [0.25, 0.3) is 0 Å². The zero-order chi connectivity index (χ0) is 20.1. The Bertz CT molecular complexity index is 997. The van der Waals surface area contributed by atoms with E-state index in [1.54, 1.807) is 27.9 Å². The molecule has 1 saturated heterocycles. The Kier molecular flexibility index (Phi) is 6.39. The minimum atomic E-state index is -3.06. The molecule has 1 fully saturated rings. The molecule has 9 heteroatoms. The summed E-state index contributed by atoms with van der Waals surface area (Å²) < 4.78 is 25.1. The second kappa shape index (κ2) is 8.78. The number of nitrogens with one attached hydrogen (secondary N) is 1. The Morgan fingerprint density at radius 1 is 1.39 bits per heavy atom. The highest BCUT2D eigenvalue weighted by molar-refractivity contribution is 7.91. The molecule has 1 atom stereocenters. The van der Waals surface area contributed by atoms with Gasteiger partial charge >= 0.3 is 0 Å². The number of carbonyl (C=O) groups is 1. The van der Waals surface area contributed by atoms with E-state index in [0.29, 0.717) is 23.8 Å². The molecule has 0 bridgehead atoms. The zero-order valence-corrected chi connectivity index (χ0v) is 16.8. The van der Waals surface area contributed by atoms with E-state index in [4.69, 9.17) is 18.0 Å². The first-order chi connectivity index (χ1) is 13.4. The van der Waals surface area contributed by atoms with Crippen LogP contribution in [0.15, 0.2) is 36.5 Å². The summed E-state index contributed by atoms with van der Waals surface area (Å²) in [5, 5.41) is 7.68. The molecular weight excluding hydrogens is 400 g/mol. The summed E-state index contributed by atoms with van der Waals surface area (Å²) in [6.45, 7) is 0.644. The molecule has 1 aromatic carbocycles. The molecule has 0 radical (unpaired) electrons. The van der Waals surface area contributed by atoms with Crippen LogP contribution in [-0.2, 0) is 21.2 Å². The summed E-state index contributed by atoms with van der Waals surface area (Å²) in [7, 11) is -3.06. The Labute approximate surface area is 169 Å². The first-order valence-electron chi connectivity index (χ1n) is 8.81. The lowest BCUT2D eigenvalue weighted by molar-refractivity contribution is -0.117. The number of aromatic nitrogens is 2. The molecule has 1 N–H and O–H groups in total. The number of carbonyl (C=O) groups excluding carboxylic acids is 1. The minimum absolute atomic E-state index is 0.0155. The molecule has 1 aliphatic rings. The van der Waals surface area contributed by atoms with Gasteiger partial charge in [-0.3, -0.25) is 9.69 Å². The Balaban J connectivity index is 1.65. The highest BCUT2D eigenvalue weighted by atomic mass is 35.5. The summed E-state index contributed by atoms with van der Waals surface area (Å²) in [4.78, 5) is 14.3. The van der Waals surface area contributed by atoms with Gasteiger partial charge in [-0.15, -0.1) is 6.42 Å². The number of amides is 1. The SMILES string of the molecule is C#CCN(CC(=O)Nc1ccnn1Cc1ccccc1Cl)C1CCS(=O)(=O)C1. The highest BCUT2D eigenvalue weighted by Gasteiger charge is 2.32. The predicted octanol–water partition coefficient (Wildman–Crippen LogP) is 1.65. The van der Waals surface area contributed by atoms with Crippen LogP contribution in [0.5, 0.6) is 0 Å². The molecule has 0 spiro atoms. The maximum absolute atomic E-state index is 12.5. The number of anilines is 1. The van der Waals surface area contributed by atoms with Crippen LogP contribution in [0.1, 0.15) is 12.0 Å². The fourth-order valence-corrected chi connectivity index (χ4v) is 5.17. The highest BCUT2D eigenvalue weighted by Crippen LogP contribution is 2.19. The van der Waals surface area contributed by atoms with Gasteiger partial charge in [-0.25, -0.2) is 13.1 Å². The van der Waals surface area contributed by atoms with Gasteiger partial charge < -0.3 is 5.32 Å². The topological polar surface area (TPSA) is 84.3 Å². The fourth-order valence-electron chi connectivity index (χ4n) is 3.21. The fraction of sp³-hybridized carbons (Fsp3) is 0.368. The van der Waals surface area contributed by atoms with Crippen LogP contribution in [0, 0.1) is 12.3 Å². The van der Waals surface area contributed by atoms with Crippen LogP contribution in [-0.4, -0.2) is 59.6 Å². The van der Waals surface area contributed by atoms with Gasteiger partial charge in [0.1, 0.15) is 5.82 Å². The average Bonchev–Trinajstić information content (AvgIpc) is 3.22. The Morgan fingerprint density at radius 3 is 2.86 bits per heavy atom. The largest absolute Gasteiger partial charge is 0.310 e. The minimum Gasteiger partial charge on any atom is -0.310 e. The van der Waals surface area contributed by atoms with Crippen LogP contribution in [0.2, 0.25) is 5.02 Å². The molecule has 0 saturated carbocycles. The number of nitrogens with zero attached hydrogens (tertiary/aromatic N) is 3. The second-order valence-electron chi connectivity index (χ2n) is 6.68. The summed E-state index contributed by atoms with van der Waals surface area (Å²) in [6.07, 6.45) is 7.48. The molecule has 0 aliphatic carbocycles. The van der Waals surface area contributed by atoms with E-state index in [1.165, 1.54) is 0 Å².